The van der Waals surface area contributed by atoms with Crippen LogP contribution in [0.2, 0.25) is 0 Å². The molecule has 0 aromatic heterocycles. The van der Waals surface area contributed by atoms with Crippen molar-refractivity contribution in [2.24, 2.45) is 0 Å². The molecule has 0 N–H and O–H groups in total. The molecule has 0 aliphatic carbocycles. The maximum absolute atomic E-state index is 13.1. The minimum Gasteiger partial charge on any atom is -0.491 e. The number of ether oxygens (including phenoxy) is 3. The van der Waals surface area contributed by atoms with E-state index in [-0.39, 0.29) is 29.7 Å². The molecule has 2 amide bonds. The Balaban J connectivity index is 1.16. The molecule has 1 saturated heterocycles. The summed E-state index contributed by atoms with van der Waals surface area (Å²) in [5.41, 5.74) is 2.06. The average Bonchev–Trinajstić information content (AvgIpc) is 3.23. The van der Waals surface area contributed by atoms with Crippen LogP contribution in [0, 0.1) is 0 Å². The zero-order valence-electron chi connectivity index (χ0n) is 23.5. The van der Waals surface area contributed by atoms with Crippen LogP contribution in [0.15, 0.2) is 95.9 Å². The summed E-state index contributed by atoms with van der Waals surface area (Å²) in [6, 6.07) is 29.3. The number of para-hydroxylation sites is 1. The second-order valence-corrected chi connectivity index (χ2v) is 11.7. The van der Waals surface area contributed by atoms with Crippen LogP contribution in [-0.4, -0.2) is 42.4 Å². The van der Waals surface area contributed by atoms with Gasteiger partial charge in [-0.2, -0.15) is 0 Å². The third-order valence-corrected chi connectivity index (χ3v) is 7.64. The van der Waals surface area contributed by atoms with Crippen molar-refractivity contribution in [3.63, 3.8) is 0 Å². The molecule has 5 rings (SSSR count). The van der Waals surface area contributed by atoms with Gasteiger partial charge in [0.05, 0.1) is 11.4 Å². The predicted octanol–water partition coefficient (Wildman–Crippen LogP) is 7.71. The van der Waals surface area contributed by atoms with E-state index in [1.54, 1.807) is 6.08 Å². The van der Waals surface area contributed by atoms with Crippen molar-refractivity contribution in [3.8, 4) is 17.2 Å². The number of rotatable bonds is 10. The predicted molar refractivity (Wildman–Crippen MR) is 165 cm³/mol. The highest BCUT2D eigenvalue weighted by molar-refractivity contribution is 8.18. The van der Waals surface area contributed by atoms with Crippen molar-refractivity contribution < 1.29 is 23.8 Å². The Hall–Kier alpha value is -4.23. The molecule has 1 aliphatic rings. The first-order valence-electron chi connectivity index (χ1n) is 13.6. The van der Waals surface area contributed by atoms with E-state index in [9.17, 15) is 9.59 Å². The van der Waals surface area contributed by atoms with E-state index in [0.29, 0.717) is 23.9 Å². The van der Waals surface area contributed by atoms with Crippen molar-refractivity contribution in [1.29, 1.82) is 0 Å². The van der Waals surface area contributed by atoms with Gasteiger partial charge in [0.2, 0.25) is 0 Å². The number of imide groups is 1. The molecule has 0 unspecified atom stereocenters. The zero-order valence-corrected chi connectivity index (χ0v) is 24.3. The molecule has 0 bridgehead atoms. The molecule has 0 spiro atoms. The summed E-state index contributed by atoms with van der Waals surface area (Å²) in [4.78, 5) is 27.3. The Bertz CT molecular complexity index is 1570. The van der Waals surface area contributed by atoms with Crippen LogP contribution in [0.25, 0.3) is 16.8 Å². The highest BCUT2D eigenvalue weighted by atomic mass is 32.2. The van der Waals surface area contributed by atoms with E-state index in [1.807, 2.05) is 78.9 Å². The highest BCUT2D eigenvalue weighted by Crippen LogP contribution is 2.34. The van der Waals surface area contributed by atoms with Gasteiger partial charge in [0.15, 0.2) is 0 Å². The first kappa shape index (κ1) is 28.3. The van der Waals surface area contributed by atoms with Crippen LogP contribution in [-0.2, 0) is 10.2 Å². The lowest BCUT2D eigenvalue weighted by Gasteiger charge is -2.19. The SMILES string of the molecule is CC(C)(C)c1ccc(OCCOc2ccccc2/C=C2\SC(=O)N(CCOc3cccc4ccccc34)C2=O)cc1. The van der Waals surface area contributed by atoms with Gasteiger partial charge in [0.1, 0.15) is 37.1 Å². The van der Waals surface area contributed by atoms with E-state index >= 15 is 0 Å². The van der Waals surface area contributed by atoms with Crippen LogP contribution in [0.1, 0.15) is 31.9 Å². The van der Waals surface area contributed by atoms with Gasteiger partial charge < -0.3 is 14.2 Å². The van der Waals surface area contributed by atoms with Gasteiger partial charge in [-0.25, -0.2) is 0 Å². The Labute approximate surface area is 244 Å². The van der Waals surface area contributed by atoms with Crippen molar-refractivity contribution in [1.82, 2.24) is 4.90 Å². The fraction of sp³-hybridized carbons (Fsp3) is 0.235. The number of fused-ring (bicyclic) bond motifs is 1. The molecule has 0 radical (unpaired) electrons. The number of hydrogen-bond acceptors (Lipinski definition) is 6. The van der Waals surface area contributed by atoms with Crippen LogP contribution in [0.3, 0.4) is 0 Å². The molecule has 1 aliphatic heterocycles. The Kier molecular flexibility index (Phi) is 8.64. The fourth-order valence-corrected chi connectivity index (χ4v) is 5.35. The van der Waals surface area contributed by atoms with Gasteiger partial charge in [0.25, 0.3) is 11.1 Å². The van der Waals surface area contributed by atoms with Crippen LogP contribution in [0.4, 0.5) is 4.79 Å². The minimum absolute atomic E-state index is 0.0891. The van der Waals surface area contributed by atoms with E-state index in [0.717, 1.165) is 39.6 Å². The number of carbonyl (C=O) groups excluding carboxylic acids is 2. The summed E-state index contributed by atoms with van der Waals surface area (Å²) in [6.07, 6.45) is 1.71. The van der Waals surface area contributed by atoms with Crippen molar-refractivity contribution >= 4 is 39.8 Å². The standard InChI is InChI=1S/C34H33NO5S/c1-34(2,3)26-15-17-27(18-16-26)38-21-22-40-29-13-7-5-10-25(29)23-31-32(36)35(33(37)41-31)19-20-39-30-14-8-11-24-9-4-6-12-28(24)30/h4-18,23H,19-22H2,1-3H3/b31-23-. The Morgan fingerprint density at radius 1 is 0.732 bits per heavy atom. The smallest absolute Gasteiger partial charge is 0.293 e. The number of thioether (sulfide) groups is 1. The zero-order chi connectivity index (χ0) is 28.8. The number of nitrogens with zero attached hydrogens (tertiary/aromatic N) is 1. The third kappa shape index (κ3) is 6.92. The van der Waals surface area contributed by atoms with E-state index < -0.39 is 0 Å². The summed E-state index contributed by atoms with van der Waals surface area (Å²) in [6.45, 7) is 7.61. The molecular formula is C34H33NO5S. The molecule has 1 heterocycles. The van der Waals surface area contributed by atoms with Crippen LogP contribution in [0.5, 0.6) is 17.2 Å². The molecular weight excluding hydrogens is 534 g/mol. The first-order valence-corrected chi connectivity index (χ1v) is 14.4. The second kappa shape index (κ2) is 12.5. The summed E-state index contributed by atoms with van der Waals surface area (Å²) >= 11 is 0.925. The maximum atomic E-state index is 13.1. The second-order valence-electron chi connectivity index (χ2n) is 10.7. The van der Waals surface area contributed by atoms with E-state index in [2.05, 4.69) is 32.9 Å². The van der Waals surface area contributed by atoms with Gasteiger partial charge in [-0.05, 0) is 58.5 Å². The monoisotopic (exact) mass is 567 g/mol. The third-order valence-electron chi connectivity index (χ3n) is 6.73. The van der Waals surface area contributed by atoms with Gasteiger partial charge in [-0.3, -0.25) is 14.5 Å². The molecule has 0 atom stereocenters. The minimum atomic E-state index is -0.335. The summed E-state index contributed by atoms with van der Waals surface area (Å²) in [5.74, 6) is 1.79. The molecule has 41 heavy (non-hydrogen) atoms. The largest absolute Gasteiger partial charge is 0.491 e. The van der Waals surface area contributed by atoms with E-state index in [1.165, 1.54) is 10.5 Å². The molecule has 7 heteroatoms. The lowest BCUT2D eigenvalue weighted by Crippen LogP contribution is -2.32. The quantitative estimate of drug-likeness (QED) is 0.144. The van der Waals surface area contributed by atoms with Gasteiger partial charge in [-0.1, -0.05) is 87.5 Å². The summed E-state index contributed by atoms with van der Waals surface area (Å²) < 4.78 is 17.8. The van der Waals surface area contributed by atoms with Crippen molar-refractivity contribution in [2.75, 3.05) is 26.4 Å². The molecule has 210 valence electrons. The lowest BCUT2D eigenvalue weighted by molar-refractivity contribution is -0.123. The van der Waals surface area contributed by atoms with Gasteiger partial charge in [0, 0.05) is 10.9 Å². The van der Waals surface area contributed by atoms with Gasteiger partial charge in [-0.15, -0.1) is 0 Å². The molecule has 4 aromatic carbocycles. The van der Waals surface area contributed by atoms with Crippen molar-refractivity contribution in [2.45, 2.75) is 26.2 Å². The fourth-order valence-electron chi connectivity index (χ4n) is 4.50. The maximum Gasteiger partial charge on any atom is 0.293 e. The highest BCUT2D eigenvalue weighted by Gasteiger charge is 2.35. The normalized spacial score (nSPS) is 14.6. The van der Waals surface area contributed by atoms with E-state index in [4.69, 9.17) is 14.2 Å². The topological polar surface area (TPSA) is 65.1 Å². The molecule has 0 saturated carbocycles. The van der Waals surface area contributed by atoms with Crippen molar-refractivity contribution in [3.05, 3.63) is 107 Å². The Morgan fingerprint density at radius 3 is 2.20 bits per heavy atom. The van der Waals surface area contributed by atoms with Crippen LogP contribution < -0.4 is 14.2 Å². The number of benzene rings is 4. The Morgan fingerprint density at radius 2 is 1.39 bits per heavy atom. The summed E-state index contributed by atoms with van der Waals surface area (Å²) in [5, 5.41) is 1.75. The number of amides is 2. The first-order chi connectivity index (χ1) is 19.8. The molecule has 1 fully saturated rings. The number of carbonyl (C=O) groups is 2. The average molecular weight is 568 g/mol. The lowest BCUT2D eigenvalue weighted by atomic mass is 9.87. The van der Waals surface area contributed by atoms with Crippen LogP contribution >= 0.6 is 11.8 Å². The molecule has 4 aromatic rings. The summed E-state index contributed by atoms with van der Waals surface area (Å²) in [7, 11) is 0. The number of hydrogen-bond donors (Lipinski definition) is 0. The van der Waals surface area contributed by atoms with Gasteiger partial charge >= 0.3 is 0 Å². The molecule has 6 nitrogen and oxygen atoms in total.